The third kappa shape index (κ3) is 3.78. The highest BCUT2D eigenvalue weighted by Gasteiger charge is 2.37. The SMILES string of the molecule is O=C1CN(c2c(O)cc(CNC3=NCc4ccc(Cl)cc4N3)cc2F)S(=O)(=O)N1. The average Bonchev–Trinajstić information content (AvgIpc) is 2.91. The summed E-state index contributed by atoms with van der Waals surface area (Å²) in [5.74, 6) is -1.94. The van der Waals surface area contributed by atoms with E-state index in [9.17, 15) is 22.7 Å². The minimum atomic E-state index is -4.23. The van der Waals surface area contributed by atoms with Crippen molar-refractivity contribution in [1.29, 1.82) is 0 Å². The maximum atomic E-state index is 14.5. The number of hydrogen-bond acceptors (Lipinski definition) is 7. The maximum Gasteiger partial charge on any atom is 0.326 e. The molecule has 0 radical (unpaired) electrons. The molecule has 0 spiro atoms. The van der Waals surface area contributed by atoms with Crippen molar-refractivity contribution in [1.82, 2.24) is 10.0 Å². The largest absolute Gasteiger partial charge is 0.506 e. The van der Waals surface area contributed by atoms with Crippen LogP contribution in [-0.2, 0) is 28.1 Å². The van der Waals surface area contributed by atoms with E-state index in [1.54, 1.807) is 16.9 Å². The van der Waals surface area contributed by atoms with Crippen LogP contribution < -0.4 is 19.7 Å². The Morgan fingerprint density at radius 2 is 2.10 bits per heavy atom. The normalized spacial score (nSPS) is 17.2. The van der Waals surface area contributed by atoms with E-state index in [0.29, 0.717) is 27.4 Å². The highest BCUT2D eigenvalue weighted by molar-refractivity contribution is 7.92. The Kier molecular flexibility index (Phi) is 4.71. The number of guanidine groups is 1. The Morgan fingerprint density at radius 1 is 1.31 bits per heavy atom. The summed E-state index contributed by atoms with van der Waals surface area (Å²) in [5.41, 5.74) is 1.54. The zero-order valence-electron chi connectivity index (χ0n) is 14.7. The number of carbonyl (C=O) groups is 1. The zero-order chi connectivity index (χ0) is 20.8. The Labute approximate surface area is 170 Å². The zero-order valence-corrected chi connectivity index (χ0v) is 16.3. The van der Waals surface area contributed by atoms with Crippen molar-refractivity contribution in [3.8, 4) is 5.75 Å². The molecule has 0 aromatic heterocycles. The van der Waals surface area contributed by atoms with E-state index in [2.05, 4.69) is 15.6 Å². The van der Waals surface area contributed by atoms with Gasteiger partial charge in [0.25, 0.3) is 5.91 Å². The molecular weight excluding hydrogens is 425 g/mol. The van der Waals surface area contributed by atoms with Crippen LogP contribution in [-0.4, -0.2) is 31.9 Å². The van der Waals surface area contributed by atoms with E-state index in [1.165, 1.54) is 6.07 Å². The van der Waals surface area contributed by atoms with Crippen LogP contribution in [0.5, 0.6) is 5.75 Å². The van der Waals surface area contributed by atoms with Crippen molar-refractivity contribution in [2.75, 3.05) is 16.2 Å². The first-order valence-electron chi connectivity index (χ1n) is 8.41. The molecule has 2 aliphatic rings. The fourth-order valence-corrected chi connectivity index (χ4v) is 4.40. The molecule has 1 saturated heterocycles. The topological polar surface area (TPSA) is 123 Å². The van der Waals surface area contributed by atoms with Gasteiger partial charge in [0.1, 0.15) is 18.0 Å². The number of nitrogens with one attached hydrogen (secondary N) is 3. The lowest BCUT2D eigenvalue weighted by molar-refractivity contribution is -0.117. The summed E-state index contributed by atoms with van der Waals surface area (Å²) in [4.78, 5) is 15.7. The van der Waals surface area contributed by atoms with Gasteiger partial charge in [-0.2, -0.15) is 8.42 Å². The maximum absolute atomic E-state index is 14.5. The molecule has 2 aromatic carbocycles. The van der Waals surface area contributed by atoms with E-state index in [0.717, 1.165) is 17.3 Å². The van der Waals surface area contributed by atoms with Crippen LogP contribution in [0.1, 0.15) is 11.1 Å². The van der Waals surface area contributed by atoms with E-state index in [-0.39, 0.29) is 6.54 Å². The van der Waals surface area contributed by atoms with Gasteiger partial charge in [-0.1, -0.05) is 17.7 Å². The number of aliphatic imine (C=N–C) groups is 1. The summed E-state index contributed by atoms with van der Waals surface area (Å²) in [6.45, 7) is -0.0578. The third-order valence-electron chi connectivity index (χ3n) is 4.37. The molecule has 4 N–H and O–H groups in total. The number of aromatic hydroxyl groups is 1. The van der Waals surface area contributed by atoms with Crippen molar-refractivity contribution >= 4 is 45.1 Å². The van der Waals surface area contributed by atoms with Gasteiger partial charge in [-0.05, 0) is 35.4 Å². The Hall–Kier alpha value is -3.05. The lowest BCUT2D eigenvalue weighted by atomic mass is 10.1. The van der Waals surface area contributed by atoms with Crippen LogP contribution in [0.2, 0.25) is 5.02 Å². The van der Waals surface area contributed by atoms with Crippen LogP contribution in [0.25, 0.3) is 0 Å². The molecule has 9 nitrogen and oxygen atoms in total. The molecule has 0 saturated carbocycles. The molecule has 1 fully saturated rings. The van der Waals surface area contributed by atoms with E-state index < -0.39 is 39.9 Å². The third-order valence-corrected chi connectivity index (χ3v) is 5.98. The van der Waals surface area contributed by atoms with Crippen LogP contribution in [0.15, 0.2) is 35.3 Å². The van der Waals surface area contributed by atoms with Gasteiger partial charge in [-0.3, -0.25) is 4.79 Å². The summed E-state index contributed by atoms with van der Waals surface area (Å²) < 4.78 is 40.5. The number of phenols is 1. The smallest absolute Gasteiger partial charge is 0.326 e. The van der Waals surface area contributed by atoms with Gasteiger partial charge < -0.3 is 15.7 Å². The van der Waals surface area contributed by atoms with Gasteiger partial charge in [-0.15, -0.1) is 0 Å². The molecule has 1 amide bonds. The molecule has 0 atom stereocenters. The molecule has 152 valence electrons. The fourth-order valence-electron chi connectivity index (χ4n) is 3.05. The summed E-state index contributed by atoms with van der Waals surface area (Å²) >= 11 is 5.99. The van der Waals surface area contributed by atoms with Crippen molar-refractivity contribution in [3.05, 3.63) is 52.3 Å². The Morgan fingerprint density at radius 3 is 2.79 bits per heavy atom. The summed E-state index contributed by atoms with van der Waals surface area (Å²) in [7, 11) is -4.23. The van der Waals surface area contributed by atoms with E-state index in [4.69, 9.17) is 11.6 Å². The van der Waals surface area contributed by atoms with E-state index in [1.807, 2.05) is 6.07 Å². The fraction of sp³-hybridized carbons (Fsp3) is 0.176. The van der Waals surface area contributed by atoms with Gasteiger partial charge in [0.15, 0.2) is 11.8 Å². The second kappa shape index (κ2) is 7.08. The number of nitrogens with zero attached hydrogens (tertiary/aromatic N) is 2. The van der Waals surface area contributed by atoms with Crippen molar-refractivity contribution < 1.29 is 22.7 Å². The number of halogens is 2. The molecular formula is C17H15ClFN5O4S. The standard InChI is InChI=1S/C17H15ClFN5O4S/c18-11-2-1-10-7-21-17(22-13(10)5-11)20-6-9-3-12(19)16(14(25)4-9)24-8-15(26)23-29(24,27)28/h1-5,25H,6-8H2,(H,23,26)(H2,20,21,22). The van der Waals surface area contributed by atoms with Gasteiger partial charge in [0.2, 0.25) is 0 Å². The van der Waals surface area contributed by atoms with Crippen LogP contribution in [0, 0.1) is 5.82 Å². The molecule has 12 heteroatoms. The minimum absolute atomic E-state index is 0.108. The predicted octanol–water partition coefficient (Wildman–Crippen LogP) is 1.44. The lowest BCUT2D eigenvalue weighted by Gasteiger charge is -2.20. The highest BCUT2D eigenvalue weighted by Crippen LogP contribution is 2.34. The molecule has 0 unspecified atom stereocenters. The summed E-state index contributed by atoms with van der Waals surface area (Å²) in [6.07, 6.45) is 0. The lowest BCUT2D eigenvalue weighted by Crippen LogP contribution is -2.33. The Balaban J connectivity index is 1.50. The monoisotopic (exact) mass is 439 g/mol. The van der Waals surface area contributed by atoms with Crippen molar-refractivity contribution in [2.45, 2.75) is 13.1 Å². The van der Waals surface area contributed by atoms with Gasteiger partial charge in [-0.25, -0.2) is 18.4 Å². The summed E-state index contributed by atoms with van der Waals surface area (Å²) in [6, 6.07) is 7.70. The summed E-state index contributed by atoms with van der Waals surface area (Å²) in [5, 5.41) is 16.8. The first-order chi connectivity index (χ1) is 13.7. The number of hydrogen-bond donors (Lipinski definition) is 4. The molecule has 2 heterocycles. The van der Waals surface area contributed by atoms with Crippen molar-refractivity contribution in [3.63, 3.8) is 0 Å². The first-order valence-corrected chi connectivity index (χ1v) is 10.2. The molecule has 2 aromatic rings. The number of rotatable bonds is 3. The molecule has 0 aliphatic carbocycles. The van der Waals surface area contributed by atoms with Crippen LogP contribution in [0.4, 0.5) is 15.8 Å². The van der Waals surface area contributed by atoms with E-state index >= 15 is 0 Å². The second-order valence-electron chi connectivity index (χ2n) is 6.43. The number of fused-ring (bicyclic) bond motifs is 1. The number of carbonyl (C=O) groups excluding carboxylic acids is 1. The number of anilines is 2. The van der Waals surface area contributed by atoms with Crippen molar-refractivity contribution in [2.24, 2.45) is 4.99 Å². The second-order valence-corrected chi connectivity index (χ2v) is 8.46. The van der Waals surface area contributed by atoms with Crippen LogP contribution in [0.3, 0.4) is 0 Å². The van der Waals surface area contributed by atoms with Gasteiger partial charge >= 0.3 is 10.2 Å². The number of amides is 1. The quantitative estimate of drug-likeness (QED) is 0.574. The number of benzene rings is 2. The van der Waals surface area contributed by atoms with Crippen LogP contribution >= 0.6 is 11.6 Å². The predicted molar refractivity (Wildman–Crippen MR) is 106 cm³/mol. The molecule has 2 aliphatic heterocycles. The minimum Gasteiger partial charge on any atom is -0.506 e. The van der Waals surface area contributed by atoms with Gasteiger partial charge in [0, 0.05) is 17.3 Å². The highest BCUT2D eigenvalue weighted by atomic mass is 35.5. The molecule has 4 rings (SSSR count). The molecule has 0 bridgehead atoms. The number of phenolic OH excluding ortho intramolecular Hbond substituents is 1. The molecule has 29 heavy (non-hydrogen) atoms. The average molecular weight is 440 g/mol. The first kappa shape index (κ1) is 19.3. The van der Waals surface area contributed by atoms with Gasteiger partial charge in [0.05, 0.1) is 6.54 Å². The Bertz CT molecular complexity index is 1130.